The summed E-state index contributed by atoms with van der Waals surface area (Å²) < 4.78 is 1.46. The van der Waals surface area contributed by atoms with E-state index in [1.54, 1.807) is 12.3 Å². The molecular formula is C21H23N4O2+. The summed E-state index contributed by atoms with van der Waals surface area (Å²) in [7, 11) is 0. The van der Waals surface area contributed by atoms with E-state index in [2.05, 4.69) is 34.1 Å². The van der Waals surface area contributed by atoms with Crippen molar-refractivity contribution in [2.45, 2.75) is 13.5 Å². The van der Waals surface area contributed by atoms with Gasteiger partial charge in [0, 0.05) is 11.8 Å². The molecule has 0 radical (unpaired) electrons. The maximum absolute atomic E-state index is 12.7. The minimum absolute atomic E-state index is 0.143. The van der Waals surface area contributed by atoms with Gasteiger partial charge in [0.2, 0.25) is 0 Å². The second-order valence-electron chi connectivity index (χ2n) is 7.06. The largest absolute Gasteiger partial charge is 0.344 e. The molecule has 3 aromatic rings. The summed E-state index contributed by atoms with van der Waals surface area (Å²) in [5.41, 5.74) is 2.70. The molecule has 6 heteroatoms. The van der Waals surface area contributed by atoms with Gasteiger partial charge in [0.15, 0.2) is 6.29 Å². The first-order valence-electron chi connectivity index (χ1n) is 9.27. The van der Waals surface area contributed by atoms with Gasteiger partial charge in [-0.25, -0.2) is 4.98 Å². The number of quaternary nitrogens is 1. The number of carbonyl (C=O) groups is 1. The van der Waals surface area contributed by atoms with Crippen LogP contribution >= 0.6 is 0 Å². The summed E-state index contributed by atoms with van der Waals surface area (Å²) in [6, 6.07) is 14.2. The number of fused-ring (bicyclic) bond motifs is 1. The number of aldehydes is 1. The van der Waals surface area contributed by atoms with Crippen LogP contribution in [0.15, 0.2) is 53.5 Å². The van der Waals surface area contributed by atoms with Gasteiger partial charge < -0.3 is 9.80 Å². The molecule has 0 saturated carbocycles. The number of benzene rings is 1. The molecule has 0 atom stereocenters. The summed E-state index contributed by atoms with van der Waals surface area (Å²) in [5, 5.41) is 0. The molecule has 1 saturated heterocycles. The van der Waals surface area contributed by atoms with E-state index in [0.29, 0.717) is 17.8 Å². The Morgan fingerprint density at radius 2 is 1.85 bits per heavy atom. The molecule has 3 heterocycles. The van der Waals surface area contributed by atoms with Crippen LogP contribution in [0, 0.1) is 6.92 Å². The Hall–Kier alpha value is -2.99. The van der Waals surface area contributed by atoms with Crippen molar-refractivity contribution in [2.24, 2.45) is 0 Å². The first-order valence-corrected chi connectivity index (χ1v) is 9.27. The number of carbonyl (C=O) groups excluding carboxylic acids is 1. The third-order valence-electron chi connectivity index (χ3n) is 5.25. The van der Waals surface area contributed by atoms with Crippen LogP contribution in [0.4, 0.5) is 5.82 Å². The fourth-order valence-corrected chi connectivity index (χ4v) is 3.74. The average Bonchev–Trinajstić information content (AvgIpc) is 2.70. The van der Waals surface area contributed by atoms with Gasteiger partial charge in [-0.2, -0.15) is 0 Å². The maximum atomic E-state index is 12.7. The zero-order valence-electron chi connectivity index (χ0n) is 15.4. The van der Waals surface area contributed by atoms with E-state index < -0.39 is 0 Å². The molecule has 1 N–H and O–H groups in total. The lowest BCUT2D eigenvalue weighted by molar-refractivity contribution is -0.914. The van der Waals surface area contributed by atoms with Gasteiger partial charge in [-0.15, -0.1) is 0 Å². The smallest absolute Gasteiger partial charge is 0.270 e. The highest BCUT2D eigenvalue weighted by Crippen LogP contribution is 2.16. The molecule has 0 bridgehead atoms. The molecule has 0 spiro atoms. The predicted octanol–water partition coefficient (Wildman–Crippen LogP) is 0.721. The number of piperazine rings is 1. The van der Waals surface area contributed by atoms with Crippen molar-refractivity contribution in [1.29, 1.82) is 0 Å². The van der Waals surface area contributed by atoms with Gasteiger partial charge in [-0.05, 0) is 18.6 Å². The van der Waals surface area contributed by atoms with Crippen LogP contribution in [-0.4, -0.2) is 41.8 Å². The van der Waals surface area contributed by atoms with Gasteiger partial charge in [-0.1, -0.05) is 36.4 Å². The highest BCUT2D eigenvalue weighted by molar-refractivity contribution is 5.83. The number of nitrogens with one attached hydrogen (secondary N) is 1. The molecule has 1 aliphatic heterocycles. The van der Waals surface area contributed by atoms with Crippen LogP contribution in [0.1, 0.15) is 21.5 Å². The molecule has 1 aliphatic rings. The Kier molecular flexibility index (Phi) is 4.73. The monoisotopic (exact) mass is 363 g/mol. The standard InChI is InChI=1S/C21H22N4O2/c1-16-6-5-9-25-19(16)22-20(18(15-26)21(25)27)24-12-10-23(11-13-24)14-17-7-3-2-4-8-17/h2-9,15H,10-14H2,1H3/p+1. The molecule has 0 aliphatic carbocycles. The molecule has 27 heavy (non-hydrogen) atoms. The minimum atomic E-state index is -0.298. The quantitative estimate of drug-likeness (QED) is 0.694. The van der Waals surface area contributed by atoms with Crippen molar-refractivity contribution in [3.05, 3.63) is 75.7 Å². The van der Waals surface area contributed by atoms with Gasteiger partial charge >= 0.3 is 0 Å². The number of rotatable bonds is 4. The van der Waals surface area contributed by atoms with E-state index in [1.165, 1.54) is 14.9 Å². The van der Waals surface area contributed by atoms with E-state index in [0.717, 1.165) is 38.3 Å². The van der Waals surface area contributed by atoms with Crippen LogP contribution in [0.5, 0.6) is 0 Å². The summed E-state index contributed by atoms with van der Waals surface area (Å²) in [5.74, 6) is 0.517. The normalized spacial score (nSPS) is 15.2. The Morgan fingerprint density at radius 1 is 1.11 bits per heavy atom. The van der Waals surface area contributed by atoms with E-state index in [-0.39, 0.29) is 11.1 Å². The van der Waals surface area contributed by atoms with E-state index in [1.807, 2.05) is 19.1 Å². The molecule has 4 rings (SSSR count). The first kappa shape index (κ1) is 17.4. The fourth-order valence-electron chi connectivity index (χ4n) is 3.74. The maximum Gasteiger partial charge on any atom is 0.270 e. The summed E-state index contributed by atoms with van der Waals surface area (Å²) in [6.45, 7) is 6.36. The lowest BCUT2D eigenvalue weighted by atomic mass is 10.2. The number of hydrogen-bond donors (Lipinski definition) is 1. The van der Waals surface area contributed by atoms with E-state index in [9.17, 15) is 9.59 Å². The SMILES string of the molecule is Cc1cccn2c(=O)c(C=O)c(N3CC[NH+](Cc4ccccc4)CC3)nc12. The highest BCUT2D eigenvalue weighted by Gasteiger charge is 2.25. The van der Waals surface area contributed by atoms with Crippen molar-refractivity contribution in [2.75, 3.05) is 31.1 Å². The zero-order valence-corrected chi connectivity index (χ0v) is 15.4. The summed E-state index contributed by atoms with van der Waals surface area (Å²) in [4.78, 5) is 32.6. The Balaban J connectivity index is 1.59. The highest BCUT2D eigenvalue weighted by atomic mass is 16.1. The van der Waals surface area contributed by atoms with Gasteiger partial charge in [0.1, 0.15) is 23.6 Å². The molecule has 0 unspecified atom stereocenters. The number of aryl methyl sites for hydroxylation is 1. The molecule has 1 fully saturated rings. The van der Waals surface area contributed by atoms with Crippen molar-refractivity contribution in [1.82, 2.24) is 9.38 Å². The average molecular weight is 363 g/mol. The molecule has 1 aromatic carbocycles. The predicted molar refractivity (Wildman–Crippen MR) is 105 cm³/mol. The molecule has 138 valence electrons. The van der Waals surface area contributed by atoms with E-state index in [4.69, 9.17) is 0 Å². The topological polar surface area (TPSA) is 59.1 Å². The van der Waals surface area contributed by atoms with Crippen LogP contribution in [0.3, 0.4) is 0 Å². The molecule has 2 aromatic heterocycles. The number of nitrogens with zero attached hydrogens (tertiary/aromatic N) is 3. The number of pyridine rings is 1. The number of anilines is 1. The van der Waals surface area contributed by atoms with Gasteiger partial charge in [0.05, 0.1) is 26.2 Å². The van der Waals surface area contributed by atoms with Crippen molar-refractivity contribution in [3.63, 3.8) is 0 Å². The minimum Gasteiger partial charge on any atom is -0.344 e. The van der Waals surface area contributed by atoms with Crippen LogP contribution in [-0.2, 0) is 6.54 Å². The summed E-state index contributed by atoms with van der Waals surface area (Å²) >= 11 is 0. The Morgan fingerprint density at radius 3 is 2.56 bits per heavy atom. The number of hydrogen-bond acceptors (Lipinski definition) is 4. The van der Waals surface area contributed by atoms with E-state index >= 15 is 0 Å². The van der Waals surface area contributed by atoms with Crippen LogP contribution < -0.4 is 15.4 Å². The second-order valence-corrected chi connectivity index (χ2v) is 7.06. The fraction of sp³-hybridized carbons (Fsp3) is 0.286. The van der Waals surface area contributed by atoms with Crippen LogP contribution in [0.25, 0.3) is 5.65 Å². The van der Waals surface area contributed by atoms with Gasteiger partial charge in [-0.3, -0.25) is 14.0 Å². The van der Waals surface area contributed by atoms with Crippen molar-refractivity contribution < 1.29 is 9.69 Å². The zero-order chi connectivity index (χ0) is 18.8. The molecule has 6 nitrogen and oxygen atoms in total. The first-order chi connectivity index (χ1) is 13.2. The lowest BCUT2D eigenvalue weighted by Crippen LogP contribution is -3.13. The van der Waals surface area contributed by atoms with Crippen LogP contribution in [0.2, 0.25) is 0 Å². The molecular weight excluding hydrogens is 340 g/mol. The third kappa shape index (κ3) is 3.36. The second kappa shape index (κ2) is 7.32. The lowest BCUT2D eigenvalue weighted by Gasteiger charge is -2.33. The third-order valence-corrected chi connectivity index (χ3v) is 5.25. The van der Waals surface area contributed by atoms with Gasteiger partial charge in [0.25, 0.3) is 5.56 Å². The Bertz CT molecular complexity index is 1020. The summed E-state index contributed by atoms with van der Waals surface area (Å²) in [6.07, 6.45) is 2.30. The molecule has 0 amide bonds. The van der Waals surface area contributed by atoms with Crippen molar-refractivity contribution >= 4 is 17.8 Å². The number of aromatic nitrogens is 2. The van der Waals surface area contributed by atoms with Crippen molar-refractivity contribution in [3.8, 4) is 0 Å². The Labute approximate surface area is 157 Å².